The molecular formula is C21H27N3O5S2. The van der Waals surface area contributed by atoms with Crippen LogP contribution in [0.3, 0.4) is 0 Å². The Morgan fingerprint density at radius 3 is 2.58 bits per heavy atom. The van der Waals surface area contributed by atoms with E-state index in [9.17, 15) is 18.0 Å². The summed E-state index contributed by atoms with van der Waals surface area (Å²) in [6.45, 7) is 4.47. The number of nitrogens with one attached hydrogen (secondary N) is 2. The fourth-order valence-electron chi connectivity index (χ4n) is 3.48. The number of benzene rings is 1. The predicted molar refractivity (Wildman–Crippen MR) is 120 cm³/mol. The molecule has 1 aliphatic rings. The third kappa shape index (κ3) is 5.84. The lowest BCUT2D eigenvalue weighted by atomic mass is 10.1. The fraction of sp³-hybridized carbons (Fsp3) is 0.429. The first-order valence-corrected chi connectivity index (χ1v) is 12.5. The zero-order valence-electron chi connectivity index (χ0n) is 17.6. The Balaban J connectivity index is 1.80. The van der Waals surface area contributed by atoms with Crippen LogP contribution in [0.2, 0.25) is 0 Å². The SMILES string of the molecule is CCOc1ccc(NC(=O)CC(NC(C)=O)c2cccs2)cc1S(=O)(=O)N1CCCC1. The van der Waals surface area contributed by atoms with E-state index in [1.807, 2.05) is 17.5 Å². The second-order valence-corrected chi connectivity index (χ2v) is 10.1. The van der Waals surface area contributed by atoms with Gasteiger partial charge in [0.15, 0.2) is 0 Å². The summed E-state index contributed by atoms with van der Waals surface area (Å²) in [5, 5.41) is 7.42. The molecule has 2 heterocycles. The van der Waals surface area contributed by atoms with Gasteiger partial charge in [-0.3, -0.25) is 9.59 Å². The van der Waals surface area contributed by atoms with Gasteiger partial charge in [-0.15, -0.1) is 11.3 Å². The van der Waals surface area contributed by atoms with Crippen molar-refractivity contribution in [2.24, 2.45) is 0 Å². The summed E-state index contributed by atoms with van der Waals surface area (Å²) in [4.78, 5) is 25.1. The lowest BCUT2D eigenvalue weighted by Gasteiger charge is -2.20. The van der Waals surface area contributed by atoms with Gasteiger partial charge in [0.05, 0.1) is 19.1 Å². The molecule has 1 atom stereocenters. The van der Waals surface area contributed by atoms with Crippen molar-refractivity contribution < 1.29 is 22.7 Å². The van der Waals surface area contributed by atoms with Crippen LogP contribution in [0.1, 0.15) is 44.0 Å². The Kier molecular flexibility index (Phi) is 7.69. The molecule has 1 aromatic heterocycles. The number of nitrogens with zero attached hydrogens (tertiary/aromatic N) is 1. The van der Waals surface area contributed by atoms with E-state index in [2.05, 4.69) is 10.6 Å². The van der Waals surface area contributed by atoms with Gasteiger partial charge >= 0.3 is 0 Å². The normalized spacial score (nSPS) is 15.4. The average Bonchev–Trinajstić information content (AvgIpc) is 3.43. The Labute approximate surface area is 186 Å². The number of ether oxygens (including phenoxy) is 1. The van der Waals surface area contributed by atoms with E-state index in [4.69, 9.17) is 4.74 Å². The summed E-state index contributed by atoms with van der Waals surface area (Å²) in [6.07, 6.45) is 1.68. The van der Waals surface area contributed by atoms with E-state index in [0.717, 1.165) is 17.7 Å². The van der Waals surface area contributed by atoms with E-state index in [1.165, 1.54) is 28.6 Å². The lowest BCUT2D eigenvalue weighted by molar-refractivity contribution is -0.120. The van der Waals surface area contributed by atoms with Crippen LogP contribution in [0, 0.1) is 0 Å². The van der Waals surface area contributed by atoms with Crippen LogP contribution in [-0.4, -0.2) is 44.2 Å². The molecule has 31 heavy (non-hydrogen) atoms. The minimum atomic E-state index is -3.72. The number of amides is 2. The summed E-state index contributed by atoms with van der Waals surface area (Å²) in [5.41, 5.74) is 0.360. The maximum Gasteiger partial charge on any atom is 0.246 e. The topological polar surface area (TPSA) is 105 Å². The molecule has 2 aromatic rings. The number of carbonyl (C=O) groups is 2. The molecule has 3 rings (SSSR count). The van der Waals surface area contributed by atoms with Crippen LogP contribution in [0.15, 0.2) is 40.6 Å². The highest BCUT2D eigenvalue weighted by Gasteiger charge is 2.30. The van der Waals surface area contributed by atoms with Gasteiger partial charge in [0.25, 0.3) is 0 Å². The van der Waals surface area contributed by atoms with Crippen LogP contribution in [0.4, 0.5) is 5.69 Å². The fourth-order valence-corrected chi connectivity index (χ4v) is 5.94. The molecule has 1 aliphatic heterocycles. The highest BCUT2D eigenvalue weighted by molar-refractivity contribution is 7.89. The van der Waals surface area contributed by atoms with Crippen LogP contribution in [0.5, 0.6) is 5.75 Å². The molecule has 0 radical (unpaired) electrons. The van der Waals surface area contributed by atoms with E-state index < -0.39 is 16.1 Å². The third-order valence-electron chi connectivity index (χ3n) is 4.86. The summed E-state index contributed by atoms with van der Waals surface area (Å²) in [5.74, 6) is -0.297. The second-order valence-electron chi connectivity index (χ2n) is 7.23. The molecule has 8 nitrogen and oxygen atoms in total. The summed E-state index contributed by atoms with van der Waals surface area (Å²) in [6, 6.07) is 7.88. The van der Waals surface area contributed by atoms with E-state index >= 15 is 0 Å². The summed E-state index contributed by atoms with van der Waals surface area (Å²) >= 11 is 1.45. The van der Waals surface area contributed by atoms with E-state index in [0.29, 0.717) is 25.4 Å². The third-order valence-corrected chi connectivity index (χ3v) is 7.77. The molecule has 1 fully saturated rings. The Morgan fingerprint density at radius 1 is 1.23 bits per heavy atom. The van der Waals surface area contributed by atoms with Crippen LogP contribution in [0.25, 0.3) is 0 Å². The maximum atomic E-state index is 13.1. The molecule has 0 spiro atoms. The molecule has 1 aromatic carbocycles. The molecule has 168 valence electrons. The minimum absolute atomic E-state index is 0.0293. The number of anilines is 1. The van der Waals surface area contributed by atoms with Crippen molar-refractivity contribution in [3.8, 4) is 5.75 Å². The van der Waals surface area contributed by atoms with Crippen molar-refractivity contribution in [3.05, 3.63) is 40.6 Å². The van der Waals surface area contributed by atoms with Crippen molar-refractivity contribution in [1.29, 1.82) is 0 Å². The predicted octanol–water partition coefficient (Wildman–Crippen LogP) is 3.14. The van der Waals surface area contributed by atoms with Gasteiger partial charge in [-0.25, -0.2) is 8.42 Å². The molecule has 0 bridgehead atoms. The molecule has 0 saturated carbocycles. The lowest BCUT2D eigenvalue weighted by Crippen LogP contribution is -2.29. The minimum Gasteiger partial charge on any atom is -0.492 e. The summed E-state index contributed by atoms with van der Waals surface area (Å²) in [7, 11) is -3.72. The van der Waals surface area contributed by atoms with Gasteiger partial charge in [-0.2, -0.15) is 4.31 Å². The van der Waals surface area contributed by atoms with Gasteiger partial charge in [0.2, 0.25) is 21.8 Å². The first-order valence-electron chi connectivity index (χ1n) is 10.2. The molecule has 10 heteroatoms. The quantitative estimate of drug-likeness (QED) is 0.592. The molecular weight excluding hydrogens is 438 g/mol. The number of rotatable bonds is 9. The molecule has 1 unspecified atom stereocenters. The summed E-state index contributed by atoms with van der Waals surface area (Å²) < 4.78 is 33.2. The Hall–Kier alpha value is -2.43. The molecule has 2 amide bonds. The van der Waals surface area contributed by atoms with Crippen molar-refractivity contribution in [3.63, 3.8) is 0 Å². The number of carbonyl (C=O) groups excluding carboxylic acids is 2. The molecule has 2 N–H and O–H groups in total. The molecule has 0 aliphatic carbocycles. The number of hydrogen-bond acceptors (Lipinski definition) is 6. The van der Waals surface area contributed by atoms with E-state index in [1.54, 1.807) is 19.1 Å². The largest absolute Gasteiger partial charge is 0.492 e. The van der Waals surface area contributed by atoms with Gasteiger partial charge in [0.1, 0.15) is 10.6 Å². The standard InChI is InChI=1S/C21H27N3O5S2/c1-3-29-18-9-8-16(13-20(18)31(27,28)24-10-4-5-11-24)23-21(26)14-17(22-15(2)25)19-7-6-12-30-19/h6-9,12-13,17H,3-5,10-11,14H2,1-2H3,(H,22,25)(H,23,26). The van der Waals surface area contributed by atoms with Crippen LogP contribution in [-0.2, 0) is 19.6 Å². The molecule has 1 saturated heterocycles. The Bertz CT molecular complexity index is 1020. The maximum absolute atomic E-state index is 13.1. The van der Waals surface area contributed by atoms with Crippen molar-refractivity contribution in [2.45, 2.75) is 44.0 Å². The van der Waals surface area contributed by atoms with E-state index in [-0.39, 0.29) is 28.9 Å². The van der Waals surface area contributed by atoms with Crippen molar-refractivity contribution in [1.82, 2.24) is 9.62 Å². The van der Waals surface area contributed by atoms with Gasteiger partial charge in [0, 0.05) is 30.6 Å². The van der Waals surface area contributed by atoms with Crippen LogP contribution < -0.4 is 15.4 Å². The van der Waals surface area contributed by atoms with Gasteiger partial charge < -0.3 is 15.4 Å². The monoisotopic (exact) mass is 465 g/mol. The Morgan fingerprint density at radius 2 is 1.97 bits per heavy atom. The number of hydrogen-bond donors (Lipinski definition) is 2. The van der Waals surface area contributed by atoms with Crippen molar-refractivity contribution >= 4 is 38.9 Å². The van der Waals surface area contributed by atoms with Gasteiger partial charge in [-0.1, -0.05) is 6.07 Å². The van der Waals surface area contributed by atoms with Crippen LogP contribution >= 0.6 is 11.3 Å². The van der Waals surface area contributed by atoms with Crippen molar-refractivity contribution in [2.75, 3.05) is 25.0 Å². The first-order chi connectivity index (χ1) is 14.8. The zero-order valence-corrected chi connectivity index (χ0v) is 19.2. The zero-order chi connectivity index (χ0) is 22.4. The highest BCUT2D eigenvalue weighted by atomic mass is 32.2. The smallest absolute Gasteiger partial charge is 0.246 e. The highest BCUT2D eigenvalue weighted by Crippen LogP contribution is 2.32. The second kappa shape index (κ2) is 10.3. The number of sulfonamides is 1. The first kappa shape index (κ1) is 23.2. The van der Waals surface area contributed by atoms with Gasteiger partial charge in [-0.05, 0) is 49.4 Å². The number of thiophene rings is 1. The average molecular weight is 466 g/mol.